The molecular weight excluding hydrogens is 236 g/mol. The molecule has 0 spiro atoms. The second-order valence-electron chi connectivity index (χ2n) is 3.46. The summed E-state index contributed by atoms with van der Waals surface area (Å²) < 4.78 is 4.61. The van der Waals surface area contributed by atoms with E-state index in [1.807, 2.05) is 31.2 Å². The number of hydrogen-bond acceptors (Lipinski definition) is 5. The lowest BCUT2D eigenvalue weighted by atomic mass is 10.2. The Bertz CT molecular complexity index is 557. The minimum absolute atomic E-state index is 0.254. The van der Waals surface area contributed by atoms with Crippen molar-refractivity contribution in [2.24, 2.45) is 0 Å². The van der Waals surface area contributed by atoms with Gasteiger partial charge >= 0.3 is 5.97 Å². The summed E-state index contributed by atoms with van der Waals surface area (Å²) in [6.07, 6.45) is 0. The van der Waals surface area contributed by atoms with Gasteiger partial charge in [0.1, 0.15) is 10.9 Å². The van der Waals surface area contributed by atoms with Gasteiger partial charge in [0.05, 0.1) is 18.4 Å². The molecule has 4 nitrogen and oxygen atoms in total. The van der Waals surface area contributed by atoms with Crippen LogP contribution in [0, 0.1) is 6.92 Å². The van der Waals surface area contributed by atoms with Gasteiger partial charge < -0.3 is 4.74 Å². The molecule has 0 fully saturated rings. The van der Waals surface area contributed by atoms with Gasteiger partial charge in [0.2, 0.25) is 0 Å². The smallest absolute Gasteiger partial charge is 0.316 e. The standard InChI is InChI=1S/C12H12N2O2S/c1-8-13-10-6-4-3-5-9(10)12(14-8)17-7-11(15)16-2/h3-6H,7H2,1-2H3. The molecule has 1 aromatic carbocycles. The van der Waals surface area contributed by atoms with E-state index in [-0.39, 0.29) is 11.7 Å². The fraction of sp³-hybridized carbons (Fsp3) is 0.250. The van der Waals surface area contributed by atoms with Crippen molar-refractivity contribution in [3.05, 3.63) is 30.1 Å². The molecule has 0 aliphatic carbocycles. The van der Waals surface area contributed by atoms with Gasteiger partial charge in [0.15, 0.2) is 0 Å². The summed E-state index contributed by atoms with van der Waals surface area (Å²) in [6.45, 7) is 1.84. The Balaban J connectivity index is 2.35. The number of aryl methyl sites for hydroxylation is 1. The van der Waals surface area contributed by atoms with E-state index < -0.39 is 0 Å². The molecule has 0 atom stereocenters. The molecule has 0 saturated carbocycles. The van der Waals surface area contributed by atoms with Crippen molar-refractivity contribution >= 4 is 28.6 Å². The number of ether oxygens (including phenoxy) is 1. The lowest BCUT2D eigenvalue weighted by molar-refractivity contribution is -0.137. The van der Waals surface area contributed by atoms with E-state index in [0.29, 0.717) is 5.82 Å². The molecule has 0 bridgehead atoms. The molecule has 2 aromatic rings. The normalized spacial score (nSPS) is 10.5. The number of aromatic nitrogens is 2. The van der Waals surface area contributed by atoms with Crippen molar-refractivity contribution < 1.29 is 9.53 Å². The molecule has 1 heterocycles. The molecule has 0 aliphatic rings. The quantitative estimate of drug-likeness (QED) is 0.473. The Hall–Kier alpha value is -1.62. The number of rotatable bonds is 3. The number of nitrogens with zero attached hydrogens (tertiary/aromatic N) is 2. The maximum Gasteiger partial charge on any atom is 0.316 e. The molecule has 0 unspecified atom stereocenters. The van der Waals surface area contributed by atoms with Crippen LogP contribution in [0.3, 0.4) is 0 Å². The summed E-state index contributed by atoms with van der Waals surface area (Å²) in [6, 6.07) is 7.76. The first kappa shape index (κ1) is 11.9. The lowest BCUT2D eigenvalue weighted by Crippen LogP contribution is -2.04. The Kier molecular flexibility index (Phi) is 3.58. The minimum atomic E-state index is -0.254. The zero-order chi connectivity index (χ0) is 12.3. The second kappa shape index (κ2) is 5.14. The first-order valence-electron chi connectivity index (χ1n) is 5.13. The fourth-order valence-electron chi connectivity index (χ4n) is 1.45. The van der Waals surface area contributed by atoms with Crippen LogP contribution < -0.4 is 0 Å². The largest absolute Gasteiger partial charge is 0.468 e. The SMILES string of the molecule is COC(=O)CSc1nc(C)nc2ccccc12. The number of fused-ring (bicyclic) bond motifs is 1. The zero-order valence-corrected chi connectivity index (χ0v) is 10.5. The fourth-order valence-corrected chi connectivity index (χ4v) is 2.35. The topological polar surface area (TPSA) is 52.1 Å². The van der Waals surface area contributed by atoms with Crippen LogP contribution in [0.5, 0.6) is 0 Å². The summed E-state index contributed by atoms with van der Waals surface area (Å²) in [5, 5.41) is 1.78. The van der Waals surface area contributed by atoms with Crippen LogP contribution in [-0.2, 0) is 9.53 Å². The van der Waals surface area contributed by atoms with Crippen LogP contribution in [0.1, 0.15) is 5.82 Å². The van der Waals surface area contributed by atoms with Crippen LogP contribution >= 0.6 is 11.8 Å². The molecule has 1 aromatic heterocycles. The summed E-state index contributed by atoms with van der Waals surface area (Å²) in [5.74, 6) is 0.711. The number of carbonyl (C=O) groups is 1. The van der Waals surface area contributed by atoms with Gasteiger partial charge in [-0.15, -0.1) is 0 Å². The third-order valence-corrected chi connectivity index (χ3v) is 3.20. The molecule has 0 N–H and O–H groups in total. The highest BCUT2D eigenvalue weighted by Gasteiger charge is 2.08. The Morgan fingerprint density at radius 1 is 1.35 bits per heavy atom. The summed E-state index contributed by atoms with van der Waals surface area (Å²) in [5.41, 5.74) is 0.896. The van der Waals surface area contributed by atoms with Gasteiger partial charge in [-0.25, -0.2) is 9.97 Å². The van der Waals surface area contributed by atoms with Gasteiger partial charge in [0, 0.05) is 5.39 Å². The van der Waals surface area contributed by atoms with E-state index in [9.17, 15) is 4.79 Å². The molecule has 88 valence electrons. The maximum absolute atomic E-state index is 11.1. The van der Waals surface area contributed by atoms with E-state index in [1.54, 1.807) is 0 Å². The number of benzene rings is 1. The molecule has 0 saturated heterocycles. The molecule has 5 heteroatoms. The molecule has 17 heavy (non-hydrogen) atoms. The van der Waals surface area contributed by atoms with Crippen LogP contribution in [0.15, 0.2) is 29.3 Å². The Morgan fingerprint density at radius 2 is 2.12 bits per heavy atom. The maximum atomic E-state index is 11.1. The van der Waals surface area contributed by atoms with E-state index in [0.717, 1.165) is 15.9 Å². The average Bonchev–Trinajstić information content (AvgIpc) is 2.35. The van der Waals surface area contributed by atoms with Crippen LogP contribution in [0.25, 0.3) is 10.9 Å². The average molecular weight is 248 g/mol. The van der Waals surface area contributed by atoms with Crippen molar-refractivity contribution in [1.29, 1.82) is 0 Å². The molecular formula is C12H12N2O2S. The first-order valence-corrected chi connectivity index (χ1v) is 6.12. The first-order chi connectivity index (χ1) is 8.20. The predicted octanol–water partition coefficient (Wildman–Crippen LogP) is 2.20. The number of hydrogen-bond donors (Lipinski definition) is 0. The number of methoxy groups -OCH3 is 1. The van der Waals surface area contributed by atoms with E-state index >= 15 is 0 Å². The number of thioether (sulfide) groups is 1. The predicted molar refractivity (Wildman–Crippen MR) is 67.0 cm³/mol. The second-order valence-corrected chi connectivity index (χ2v) is 4.42. The van der Waals surface area contributed by atoms with Gasteiger partial charge in [-0.2, -0.15) is 0 Å². The highest BCUT2D eigenvalue weighted by Crippen LogP contribution is 2.24. The van der Waals surface area contributed by atoms with Crippen molar-refractivity contribution in [3.63, 3.8) is 0 Å². The number of para-hydroxylation sites is 1. The summed E-state index contributed by atoms with van der Waals surface area (Å²) in [7, 11) is 1.38. The van der Waals surface area contributed by atoms with Gasteiger partial charge in [-0.3, -0.25) is 4.79 Å². The molecule has 2 rings (SSSR count). The highest BCUT2D eigenvalue weighted by molar-refractivity contribution is 8.00. The monoisotopic (exact) mass is 248 g/mol. The zero-order valence-electron chi connectivity index (χ0n) is 9.64. The van der Waals surface area contributed by atoms with Crippen LogP contribution in [-0.4, -0.2) is 28.8 Å². The minimum Gasteiger partial charge on any atom is -0.468 e. The van der Waals surface area contributed by atoms with Crippen molar-refractivity contribution in [2.45, 2.75) is 11.9 Å². The third-order valence-electron chi connectivity index (χ3n) is 2.23. The molecule has 0 aliphatic heterocycles. The van der Waals surface area contributed by atoms with Gasteiger partial charge in [-0.05, 0) is 13.0 Å². The number of carbonyl (C=O) groups excluding carboxylic acids is 1. The highest BCUT2D eigenvalue weighted by atomic mass is 32.2. The van der Waals surface area contributed by atoms with Gasteiger partial charge in [0.25, 0.3) is 0 Å². The lowest BCUT2D eigenvalue weighted by Gasteiger charge is -2.05. The third kappa shape index (κ3) is 2.74. The summed E-state index contributed by atoms with van der Waals surface area (Å²) in [4.78, 5) is 19.8. The molecule has 0 radical (unpaired) electrons. The van der Waals surface area contributed by atoms with Crippen molar-refractivity contribution in [1.82, 2.24) is 9.97 Å². The van der Waals surface area contributed by atoms with Crippen molar-refractivity contribution in [2.75, 3.05) is 12.9 Å². The van der Waals surface area contributed by atoms with Crippen LogP contribution in [0.2, 0.25) is 0 Å². The Morgan fingerprint density at radius 3 is 2.88 bits per heavy atom. The molecule has 0 amide bonds. The van der Waals surface area contributed by atoms with Crippen LogP contribution in [0.4, 0.5) is 0 Å². The summed E-state index contributed by atoms with van der Waals surface area (Å²) >= 11 is 1.37. The van der Waals surface area contributed by atoms with Crippen molar-refractivity contribution in [3.8, 4) is 0 Å². The Labute approximate surface area is 103 Å². The van der Waals surface area contributed by atoms with E-state index in [2.05, 4.69) is 14.7 Å². The number of esters is 1. The van der Waals surface area contributed by atoms with E-state index in [4.69, 9.17) is 0 Å². The van der Waals surface area contributed by atoms with Gasteiger partial charge in [-0.1, -0.05) is 30.0 Å². The van der Waals surface area contributed by atoms with E-state index in [1.165, 1.54) is 18.9 Å².